The van der Waals surface area contributed by atoms with Crippen molar-refractivity contribution in [2.24, 2.45) is 0 Å². The third-order valence-electron chi connectivity index (χ3n) is 5.26. The van der Waals surface area contributed by atoms with Gasteiger partial charge in [-0.25, -0.2) is 8.42 Å². The van der Waals surface area contributed by atoms with Gasteiger partial charge in [0, 0.05) is 11.1 Å². The van der Waals surface area contributed by atoms with Gasteiger partial charge in [0.2, 0.25) is 15.9 Å². The van der Waals surface area contributed by atoms with E-state index in [0.29, 0.717) is 15.7 Å². The van der Waals surface area contributed by atoms with Crippen LogP contribution in [0.15, 0.2) is 83.8 Å². The number of ketones is 2. The molecule has 0 saturated carbocycles. The molecular formula is C24H20N2O6S. The number of para-hydroxylation sites is 2. The van der Waals surface area contributed by atoms with Crippen LogP contribution in [-0.4, -0.2) is 49.9 Å². The summed E-state index contributed by atoms with van der Waals surface area (Å²) in [5.74, 6) is -1.73. The van der Waals surface area contributed by atoms with Gasteiger partial charge in [0.1, 0.15) is 5.75 Å². The molecule has 3 aromatic rings. The summed E-state index contributed by atoms with van der Waals surface area (Å²) in [6.45, 7) is -0.732. The maximum atomic E-state index is 13.4. The number of rotatable bonds is 6. The van der Waals surface area contributed by atoms with Crippen molar-refractivity contribution in [3.05, 3.63) is 90.0 Å². The Bertz CT molecular complexity index is 1340. The van der Waals surface area contributed by atoms with E-state index in [1.165, 1.54) is 43.5 Å². The second kappa shape index (κ2) is 8.97. The Hall–Kier alpha value is -3.82. The number of Topliss-reactive ketones (excluding diaryl/α,β-unsaturated/α-hetero) is 2. The minimum atomic E-state index is -4.32. The van der Waals surface area contributed by atoms with Gasteiger partial charge in [-0.3, -0.25) is 14.4 Å². The fourth-order valence-corrected chi connectivity index (χ4v) is 5.41. The average molecular weight is 464 g/mol. The molecule has 1 N–H and O–H groups in total. The number of hydrogen-bond acceptors (Lipinski definition) is 6. The lowest BCUT2D eigenvalue weighted by atomic mass is 9.96. The molecule has 0 spiro atoms. The van der Waals surface area contributed by atoms with Crippen LogP contribution in [0, 0.1) is 0 Å². The van der Waals surface area contributed by atoms with Crippen molar-refractivity contribution in [3.8, 4) is 5.75 Å². The molecule has 8 nitrogen and oxygen atoms in total. The minimum absolute atomic E-state index is 0.0758. The molecule has 4 rings (SSSR count). The van der Waals surface area contributed by atoms with Crippen molar-refractivity contribution in [2.45, 2.75) is 10.9 Å². The monoisotopic (exact) mass is 464 g/mol. The fourth-order valence-electron chi connectivity index (χ4n) is 3.70. The summed E-state index contributed by atoms with van der Waals surface area (Å²) in [5, 5.41) is 2.59. The number of carbonyl (C=O) groups is 3. The molecular weight excluding hydrogens is 444 g/mol. The molecule has 3 aromatic carbocycles. The molecule has 0 bridgehead atoms. The zero-order chi connectivity index (χ0) is 23.6. The van der Waals surface area contributed by atoms with Crippen molar-refractivity contribution < 1.29 is 27.5 Å². The van der Waals surface area contributed by atoms with E-state index in [1.807, 2.05) is 0 Å². The molecule has 9 heteroatoms. The van der Waals surface area contributed by atoms with Crippen LogP contribution < -0.4 is 10.1 Å². The maximum absolute atomic E-state index is 13.4. The number of anilines is 1. The number of sulfonamides is 1. The number of amides is 1. The summed E-state index contributed by atoms with van der Waals surface area (Å²) in [4.78, 5) is 39.2. The summed E-state index contributed by atoms with van der Waals surface area (Å²) in [7, 11) is -2.89. The van der Waals surface area contributed by atoms with Crippen molar-refractivity contribution in [2.75, 3.05) is 19.0 Å². The first-order valence-electron chi connectivity index (χ1n) is 10.0. The van der Waals surface area contributed by atoms with Crippen molar-refractivity contribution in [1.29, 1.82) is 0 Å². The van der Waals surface area contributed by atoms with Crippen LogP contribution in [0.4, 0.5) is 5.69 Å². The number of nitrogens with one attached hydrogen (secondary N) is 1. The molecule has 1 aliphatic rings. The zero-order valence-electron chi connectivity index (χ0n) is 17.6. The van der Waals surface area contributed by atoms with Gasteiger partial charge in [-0.2, -0.15) is 4.31 Å². The first kappa shape index (κ1) is 22.4. The first-order chi connectivity index (χ1) is 15.8. The standard InChI is InChI=1S/C24H20N2O6S/c1-32-19-13-7-6-12-18(19)25-21(27)15-26-22(23(28)16-9-3-2-4-10-16)24(29)17-11-5-8-14-20(17)33(26,30)31/h2-14,22H,15H2,1H3,(H,25,27). The maximum Gasteiger partial charge on any atom is 0.245 e. The van der Waals surface area contributed by atoms with Crippen LogP contribution in [0.2, 0.25) is 0 Å². The van der Waals surface area contributed by atoms with Gasteiger partial charge >= 0.3 is 0 Å². The number of carbonyl (C=O) groups excluding carboxylic acids is 3. The number of methoxy groups -OCH3 is 1. The van der Waals surface area contributed by atoms with E-state index in [2.05, 4.69) is 5.32 Å². The highest BCUT2D eigenvalue weighted by Gasteiger charge is 2.48. The normalized spacial score (nSPS) is 17.1. The van der Waals surface area contributed by atoms with E-state index in [9.17, 15) is 22.8 Å². The molecule has 0 aromatic heterocycles. The SMILES string of the molecule is COc1ccccc1NC(=O)CN1C(C(=O)c2ccccc2)C(=O)c2ccccc2S1(=O)=O. The van der Waals surface area contributed by atoms with E-state index in [4.69, 9.17) is 4.74 Å². The van der Waals surface area contributed by atoms with Crippen LogP contribution in [0.5, 0.6) is 5.75 Å². The number of nitrogens with zero attached hydrogens (tertiary/aromatic N) is 1. The molecule has 1 atom stereocenters. The third-order valence-corrected chi connectivity index (χ3v) is 7.13. The molecule has 1 heterocycles. The summed E-state index contributed by atoms with van der Waals surface area (Å²) in [5.41, 5.74) is 0.422. The Labute approximate surface area is 190 Å². The van der Waals surface area contributed by atoms with Gasteiger partial charge in [0.15, 0.2) is 17.6 Å². The predicted molar refractivity (Wildman–Crippen MR) is 121 cm³/mol. The number of hydrogen-bond donors (Lipinski definition) is 1. The lowest BCUT2D eigenvalue weighted by molar-refractivity contribution is -0.116. The fraction of sp³-hybridized carbons (Fsp3) is 0.125. The highest BCUT2D eigenvalue weighted by molar-refractivity contribution is 7.89. The van der Waals surface area contributed by atoms with Gasteiger partial charge in [-0.05, 0) is 24.3 Å². The molecule has 0 saturated heterocycles. The zero-order valence-corrected chi connectivity index (χ0v) is 18.4. The molecule has 168 valence electrons. The second-order valence-corrected chi connectivity index (χ2v) is 9.15. The van der Waals surface area contributed by atoms with Crippen LogP contribution >= 0.6 is 0 Å². The average Bonchev–Trinajstić information content (AvgIpc) is 2.83. The lowest BCUT2D eigenvalue weighted by Gasteiger charge is -2.33. The first-order valence-corrected chi connectivity index (χ1v) is 11.5. The third kappa shape index (κ3) is 4.15. The molecule has 0 fully saturated rings. The molecule has 1 amide bonds. The van der Waals surface area contributed by atoms with Gasteiger partial charge in [-0.15, -0.1) is 0 Å². The highest BCUT2D eigenvalue weighted by Crippen LogP contribution is 2.32. The Kier molecular flexibility index (Phi) is 6.08. The number of fused-ring (bicyclic) bond motifs is 1. The van der Waals surface area contributed by atoms with Crippen LogP contribution in [0.3, 0.4) is 0 Å². The van der Waals surface area contributed by atoms with Gasteiger partial charge < -0.3 is 10.1 Å². The summed E-state index contributed by atoms with van der Waals surface area (Å²) in [6, 6.07) is 18.5. The Morgan fingerprint density at radius 2 is 1.58 bits per heavy atom. The Morgan fingerprint density at radius 1 is 0.939 bits per heavy atom. The van der Waals surface area contributed by atoms with Crippen LogP contribution in [-0.2, 0) is 14.8 Å². The van der Waals surface area contributed by atoms with Crippen molar-refractivity contribution >= 4 is 33.2 Å². The number of benzene rings is 3. The van der Waals surface area contributed by atoms with Gasteiger partial charge in [-0.1, -0.05) is 54.6 Å². The van der Waals surface area contributed by atoms with Gasteiger partial charge in [0.25, 0.3) is 0 Å². The summed E-state index contributed by atoms with van der Waals surface area (Å²) >= 11 is 0. The van der Waals surface area contributed by atoms with E-state index in [1.54, 1.807) is 42.5 Å². The Morgan fingerprint density at radius 3 is 2.30 bits per heavy atom. The highest BCUT2D eigenvalue weighted by atomic mass is 32.2. The summed E-state index contributed by atoms with van der Waals surface area (Å²) in [6.07, 6.45) is 0. The second-order valence-electron chi connectivity index (χ2n) is 7.29. The van der Waals surface area contributed by atoms with Crippen molar-refractivity contribution in [1.82, 2.24) is 4.31 Å². The molecule has 1 aliphatic heterocycles. The van der Waals surface area contributed by atoms with E-state index in [-0.39, 0.29) is 16.0 Å². The molecule has 0 aliphatic carbocycles. The summed E-state index contributed by atoms with van der Waals surface area (Å²) < 4.78 is 32.7. The smallest absolute Gasteiger partial charge is 0.245 e. The van der Waals surface area contributed by atoms with Crippen LogP contribution in [0.25, 0.3) is 0 Å². The van der Waals surface area contributed by atoms with E-state index < -0.39 is 40.1 Å². The lowest BCUT2D eigenvalue weighted by Crippen LogP contribution is -2.55. The quantitative estimate of drug-likeness (QED) is 0.444. The Balaban J connectivity index is 1.74. The van der Waals surface area contributed by atoms with Crippen molar-refractivity contribution in [3.63, 3.8) is 0 Å². The molecule has 0 radical (unpaired) electrons. The molecule has 1 unspecified atom stereocenters. The largest absolute Gasteiger partial charge is 0.495 e. The van der Waals surface area contributed by atoms with Gasteiger partial charge in [0.05, 0.1) is 24.2 Å². The van der Waals surface area contributed by atoms with E-state index in [0.717, 1.165) is 0 Å². The minimum Gasteiger partial charge on any atom is -0.495 e. The van der Waals surface area contributed by atoms with Crippen LogP contribution in [0.1, 0.15) is 20.7 Å². The van der Waals surface area contributed by atoms with E-state index >= 15 is 0 Å². The predicted octanol–water partition coefficient (Wildman–Crippen LogP) is 2.77. The molecule has 33 heavy (non-hydrogen) atoms. The topological polar surface area (TPSA) is 110 Å². The number of ether oxygens (including phenoxy) is 1.